The number of hydrogen-bond acceptors (Lipinski definition) is 5. The molecule has 2 aromatic carbocycles. The van der Waals surface area contributed by atoms with Gasteiger partial charge in [-0.2, -0.15) is 0 Å². The molecule has 0 saturated carbocycles. The first-order valence-corrected chi connectivity index (χ1v) is 9.42. The summed E-state index contributed by atoms with van der Waals surface area (Å²) >= 11 is 0. The summed E-state index contributed by atoms with van der Waals surface area (Å²) in [6.07, 6.45) is -1.55. The van der Waals surface area contributed by atoms with E-state index in [2.05, 4.69) is 5.32 Å². The fraction of sp³-hybridized carbons (Fsp3) is 0.364. The van der Waals surface area contributed by atoms with Crippen molar-refractivity contribution in [1.82, 2.24) is 0 Å². The van der Waals surface area contributed by atoms with Crippen LogP contribution in [0.25, 0.3) is 0 Å². The van der Waals surface area contributed by atoms with E-state index in [9.17, 15) is 14.7 Å². The zero-order chi connectivity index (χ0) is 21.4. The Bertz CT molecular complexity index is 818. The van der Waals surface area contributed by atoms with E-state index in [1.165, 1.54) is 0 Å². The molecule has 156 valence electrons. The molecule has 0 aliphatic rings. The van der Waals surface area contributed by atoms with Gasteiger partial charge in [-0.1, -0.05) is 24.3 Å². The third-order valence-corrected chi connectivity index (χ3v) is 4.22. The van der Waals surface area contributed by atoms with Crippen LogP contribution in [0.3, 0.4) is 0 Å². The van der Waals surface area contributed by atoms with E-state index in [4.69, 9.17) is 9.47 Å². The molecule has 0 aliphatic carbocycles. The maximum absolute atomic E-state index is 12.1. The lowest BCUT2D eigenvalue weighted by Crippen LogP contribution is -2.29. The van der Waals surface area contributed by atoms with Crippen LogP contribution in [-0.2, 0) is 27.3 Å². The van der Waals surface area contributed by atoms with Crippen LogP contribution in [0.4, 0.5) is 16.2 Å². The van der Waals surface area contributed by atoms with Gasteiger partial charge in [0.15, 0.2) is 6.10 Å². The summed E-state index contributed by atoms with van der Waals surface area (Å²) in [6, 6.07) is 14.6. The molecule has 0 heterocycles. The quantitative estimate of drug-likeness (QED) is 0.663. The van der Waals surface area contributed by atoms with Gasteiger partial charge in [-0.15, -0.1) is 0 Å². The number of carbonyl (C=O) groups is 2. The van der Waals surface area contributed by atoms with Crippen molar-refractivity contribution < 1.29 is 24.2 Å². The van der Waals surface area contributed by atoms with Crippen molar-refractivity contribution in [2.75, 3.05) is 24.3 Å². The Morgan fingerprint density at radius 2 is 1.66 bits per heavy atom. The van der Waals surface area contributed by atoms with Gasteiger partial charge in [-0.05, 0) is 49.2 Å². The number of aliphatic carboxylic acids is 1. The van der Waals surface area contributed by atoms with Crippen LogP contribution >= 0.6 is 0 Å². The third kappa shape index (κ3) is 7.12. The SMILES string of the molecule is CC(C)OC(Cc1ccccc1COC(=O)Nc1ccc(N(C)C)cc1)C(=O)O. The zero-order valence-corrected chi connectivity index (χ0v) is 17.2. The average molecular weight is 400 g/mol. The minimum Gasteiger partial charge on any atom is -0.479 e. The molecule has 0 bridgehead atoms. The molecule has 0 radical (unpaired) electrons. The molecule has 0 fully saturated rings. The van der Waals surface area contributed by atoms with Crippen LogP contribution in [0.15, 0.2) is 48.5 Å². The van der Waals surface area contributed by atoms with Gasteiger partial charge in [0, 0.05) is 31.9 Å². The average Bonchev–Trinajstić information content (AvgIpc) is 2.66. The van der Waals surface area contributed by atoms with Crippen LogP contribution in [-0.4, -0.2) is 43.5 Å². The summed E-state index contributed by atoms with van der Waals surface area (Å²) in [5.41, 5.74) is 3.16. The molecular weight excluding hydrogens is 372 g/mol. The summed E-state index contributed by atoms with van der Waals surface area (Å²) in [7, 11) is 3.88. The molecule has 1 atom stereocenters. The number of carbonyl (C=O) groups excluding carboxylic acids is 1. The Morgan fingerprint density at radius 3 is 2.21 bits per heavy atom. The summed E-state index contributed by atoms with van der Waals surface area (Å²) < 4.78 is 10.8. The maximum atomic E-state index is 12.1. The highest BCUT2D eigenvalue weighted by Crippen LogP contribution is 2.18. The van der Waals surface area contributed by atoms with Crippen molar-refractivity contribution in [1.29, 1.82) is 0 Å². The van der Waals surface area contributed by atoms with E-state index in [0.29, 0.717) is 5.69 Å². The van der Waals surface area contributed by atoms with Gasteiger partial charge in [0.1, 0.15) is 6.61 Å². The second-order valence-corrected chi connectivity index (χ2v) is 7.13. The predicted octanol–water partition coefficient (Wildman–Crippen LogP) is 3.92. The maximum Gasteiger partial charge on any atom is 0.411 e. The minimum absolute atomic E-state index is 0.0335. The summed E-state index contributed by atoms with van der Waals surface area (Å²) in [4.78, 5) is 25.6. The lowest BCUT2D eigenvalue weighted by Gasteiger charge is -2.18. The van der Waals surface area contributed by atoms with Gasteiger partial charge >= 0.3 is 12.1 Å². The number of nitrogens with one attached hydrogen (secondary N) is 1. The third-order valence-electron chi connectivity index (χ3n) is 4.22. The van der Waals surface area contributed by atoms with Crippen molar-refractivity contribution in [2.45, 2.75) is 39.1 Å². The normalized spacial score (nSPS) is 11.8. The van der Waals surface area contributed by atoms with Crippen LogP contribution in [0, 0.1) is 0 Å². The van der Waals surface area contributed by atoms with Crippen molar-refractivity contribution in [3.05, 3.63) is 59.7 Å². The van der Waals surface area contributed by atoms with Crippen LogP contribution in [0.5, 0.6) is 0 Å². The lowest BCUT2D eigenvalue weighted by atomic mass is 10.0. The van der Waals surface area contributed by atoms with Crippen molar-refractivity contribution in [3.8, 4) is 0 Å². The number of benzene rings is 2. The highest BCUT2D eigenvalue weighted by molar-refractivity contribution is 5.84. The van der Waals surface area contributed by atoms with E-state index in [1.807, 2.05) is 55.4 Å². The summed E-state index contributed by atoms with van der Waals surface area (Å²) in [6.45, 7) is 3.62. The Hall–Kier alpha value is -3.06. The van der Waals surface area contributed by atoms with Gasteiger partial charge in [-0.25, -0.2) is 9.59 Å². The molecule has 2 aromatic rings. The van der Waals surface area contributed by atoms with Gasteiger partial charge in [0.05, 0.1) is 6.10 Å². The Balaban J connectivity index is 1.98. The fourth-order valence-electron chi connectivity index (χ4n) is 2.76. The standard InChI is InChI=1S/C22H28N2O5/c1-15(2)29-20(21(25)26)13-16-7-5-6-8-17(16)14-28-22(27)23-18-9-11-19(12-10-18)24(3)4/h5-12,15,20H,13-14H2,1-4H3,(H,23,27)(H,25,26). The first-order valence-electron chi connectivity index (χ1n) is 9.42. The monoisotopic (exact) mass is 400 g/mol. The highest BCUT2D eigenvalue weighted by Gasteiger charge is 2.21. The van der Waals surface area contributed by atoms with E-state index in [1.54, 1.807) is 26.0 Å². The van der Waals surface area contributed by atoms with Gasteiger partial charge < -0.3 is 19.5 Å². The number of carboxylic acids is 1. The molecule has 2 rings (SSSR count). The number of nitrogens with zero attached hydrogens (tertiary/aromatic N) is 1. The number of amides is 1. The predicted molar refractivity (Wildman–Crippen MR) is 112 cm³/mol. The first kappa shape index (κ1) is 22.2. The zero-order valence-electron chi connectivity index (χ0n) is 17.2. The number of anilines is 2. The Labute approximate surface area is 171 Å². The number of hydrogen-bond donors (Lipinski definition) is 2. The van der Waals surface area contributed by atoms with E-state index >= 15 is 0 Å². The molecule has 2 N–H and O–H groups in total. The lowest BCUT2D eigenvalue weighted by molar-refractivity contribution is -0.153. The van der Waals surface area contributed by atoms with Crippen molar-refractivity contribution in [3.63, 3.8) is 0 Å². The first-order chi connectivity index (χ1) is 13.8. The van der Waals surface area contributed by atoms with Crippen LogP contribution < -0.4 is 10.2 Å². The number of carboxylic acid groups (broad SMARTS) is 1. The van der Waals surface area contributed by atoms with E-state index in [-0.39, 0.29) is 19.1 Å². The van der Waals surface area contributed by atoms with E-state index < -0.39 is 18.2 Å². The molecule has 7 heteroatoms. The minimum atomic E-state index is -1.02. The van der Waals surface area contributed by atoms with Crippen LogP contribution in [0.2, 0.25) is 0 Å². The molecule has 7 nitrogen and oxygen atoms in total. The second-order valence-electron chi connectivity index (χ2n) is 7.13. The Kier molecular flexibility index (Phi) is 8.03. The number of rotatable bonds is 9. The second kappa shape index (κ2) is 10.5. The molecule has 0 spiro atoms. The molecular formula is C22H28N2O5. The molecule has 1 amide bonds. The molecule has 1 unspecified atom stereocenters. The summed E-state index contributed by atoms with van der Waals surface area (Å²) in [5.74, 6) is -1.02. The highest BCUT2D eigenvalue weighted by atomic mass is 16.5. The van der Waals surface area contributed by atoms with Gasteiger partial charge in [0.2, 0.25) is 0 Å². The summed E-state index contributed by atoms with van der Waals surface area (Å²) in [5, 5.41) is 12.1. The van der Waals surface area contributed by atoms with Gasteiger partial charge in [-0.3, -0.25) is 5.32 Å². The Morgan fingerprint density at radius 1 is 1.03 bits per heavy atom. The van der Waals surface area contributed by atoms with Crippen LogP contribution in [0.1, 0.15) is 25.0 Å². The molecule has 0 aliphatic heterocycles. The molecule has 0 aromatic heterocycles. The molecule has 29 heavy (non-hydrogen) atoms. The molecule has 0 saturated heterocycles. The van der Waals surface area contributed by atoms with Crippen molar-refractivity contribution >= 4 is 23.4 Å². The topological polar surface area (TPSA) is 88.1 Å². The fourth-order valence-corrected chi connectivity index (χ4v) is 2.76. The largest absolute Gasteiger partial charge is 0.479 e. The van der Waals surface area contributed by atoms with E-state index in [0.717, 1.165) is 16.8 Å². The smallest absolute Gasteiger partial charge is 0.411 e. The number of ether oxygens (including phenoxy) is 2. The van der Waals surface area contributed by atoms with Gasteiger partial charge in [0.25, 0.3) is 0 Å². The van der Waals surface area contributed by atoms with Crippen molar-refractivity contribution in [2.24, 2.45) is 0 Å².